The van der Waals surface area contributed by atoms with Crippen LogP contribution in [0.2, 0.25) is 10.0 Å². The largest absolute Gasteiger partial charge is 0.493 e. The second-order valence-electron chi connectivity index (χ2n) is 6.18. The fraction of sp³-hybridized carbons (Fsp3) is 0.150. The first-order valence-corrected chi connectivity index (χ1v) is 11.8. The Morgan fingerprint density at radius 2 is 2.03 bits per heavy atom. The molecular formula is C20H16BrCl2N3O4S2. The first-order chi connectivity index (χ1) is 15.2. The number of hydrogen-bond donors (Lipinski definition) is 2. The zero-order valence-corrected chi connectivity index (χ0v) is 21.4. The van der Waals surface area contributed by atoms with E-state index in [1.54, 1.807) is 30.3 Å². The van der Waals surface area contributed by atoms with E-state index in [4.69, 9.17) is 44.9 Å². The molecule has 0 aromatic heterocycles. The molecule has 0 spiro atoms. The second-order valence-corrected chi connectivity index (χ2v) is 9.52. The summed E-state index contributed by atoms with van der Waals surface area (Å²) < 4.78 is 11.8. The average Bonchev–Trinajstić information content (AvgIpc) is 2.99. The summed E-state index contributed by atoms with van der Waals surface area (Å²) in [5, 5.41) is 4.22. The molecule has 1 heterocycles. The number of nitrogens with one attached hydrogen (secondary N) is 2. The molecule has 3 rings (SSSR count). The van der Waals surface area contributed by atoms with E-state index in [0.717, 1.165) is 16.8 Å². The third kappa shape index (κ3) is 5.68. The molecule has 0 unspecified atom stereocenters. The summed E-state index contributed by atoms with van der Waals surface area (Å²) in [5.74, 6) is 0.621. The van der Waals surface area contributed by atoms with Crippen LogP contribution in [0, 0.1) is 0 Å². The number of thioether (sulfide) groups is 1. The van der Waals surface area contributed by atoms with Gasteiger partial charge in [-0.15, -0.1) is 0 Å². The first-order valence-electron chi connectivity index (χ1n) is 9.04. The van der Waals surface area contributed by atoms with Crippen LogP contribution in [0.1, 0.15) is 12.5 Å². The maximum Gasteiger partial charge on any atom is 0.338 e. The minimum absolute atomic E-state index is 0.183. The van der Waals surface area contributed by atoms with Gasteiger partial charge >= 0.3 is 6.03 Å². The molecule has 2 aromatic rings. The number of nitrogens with zero attached hydrogens (tertiary/aromatic N) is 1. The van der Waals surface area contributed by atoms with Crippen LogP contribution in [0.4, 0.5) is 10.5 Å². The minimum Gasteiger partial charge on any atom is -0.493 e. The molecule has 1 aliphatic rings. The van der Waals surface area contributed by atoms with Gasteiger partial charge in [-0.3, -0.25) is 4.79 Å². The zero-order chi connectivity index (χ0) is 23.4. The normalized spacial score (nSPS) is 14.7. The number of hydrogen-bond acceptors (Lipinski definition) is 6. The molecule has 0 bridgehead atoms. The van der Waals surface area contributed by atoms with E-state index < -0.39 is 11.9 Å². The highest BCUT2D eigenvalue weighted by Gasteiger charge is 2.33. The van der Waals surface area contributed by atoms with Crippen molar-refractivity contribution >= 4 is 91.1 Å². The summed E-state index contributed by atoms with van der Waals surface area (Å²) >= 11 is 21.6. The number of methoxy groups -OCH3 is 1. The van der Waals surface area contributed by atoms with Crippen molar-refractivity contribution in [2.45, 2.75) is 6.92 Å². The Balaban J connectivity index is 1.75. The van der Waals surface area contributed by atoms with E-state index in [2.05, 4.69) is 26.7 Å². The molecule has 32 heavy (non-hydrogen) atoms. The van der Waals surface area contributed by atoms with Crippen molar-refractivity contribution in [3.05, 3.63) is 55.3 Å². The lowest BCUT2D eigenvalue weighted by Gasteiger charge is -2.16. The van der Waals surface area contributed by atoms with Crippen LogP contribution >= 0.6 is 63.1 Å². The van der Waals surface area contributed by atoms with Crippen molar-refractivity contribution in [3.8, 4) is 11.5 Å². The molecule has 168 valence electrons. The van der Waals surface area contributed by atoms with Crippen molar-refractivity contribution < 1.29 is 19.1 Å². The molecule has 0 atom stereocenters. The molecule has 1 aliphatic heterocycles. The van der Waals surface area contributed by atoms with Crippen molar-refractivity contribution in [1.82, 2.24) is 10.4 Å². The van der Waals surface area contributed by atoms with Gasteiger partial charge in [-0.1, -0.05) is 35.0 Å². The van der Waals surface area contributed by atoms with Gasteiger partial charge in [0.15, 0.2) is 15.8 Å². The summed E-state index contributed by atoms with van der Waals surface area (Å²) in [6.45, 7) is 2.35. The monoisotopic (exact) mass is 575 g/mol. The number of halogens is 3. The van der Waals surface area contributed by atoms with E-state index in [1.165, 1.54) is 13.2 Å². The Morgan fingerprint density at radius 1 is 1.28 bits per heavy atom. The van der Waals surface area contributed by atoms with Gasteiger partial charge in [0.1, 0.15) is 0 Å². The molecule has 12 heteroatoms. The van der Waals surface area contributed by atoms with E-state index >= 15 is 0 Å². The zero-order valence-electron chi connectivity index (χ0n) is 16.7. The summed E-state index contributed by atoms with van der Waals surface area (Å²) in [6.07, 6.45) is 1.65. The van der Waals surface area contributed by atoms with E-state index in [0.29, 0.717) is 43.8 Å². The number of hydrazine groups is 1. The van der Waals surface area contributed by atoms with Crippen LogP contribution in [-0.2, 0) is 4.79 Å². The third-order valence-corrected chi connectivity index (χ3v) is 6.65. The highest BCUT2D eigenvalue weighted by Crippen LogP contribution is 2.39. The highest BCUT2D eigenvalue weighted by atomic mass is 79.9. The molecule has 0 aliphatic carbocycles. The molecular weight excluding hydrogens is 561 g/mol. The Labute approximate surface area is 212 Å². The molecule has 1 saturated heterocycles. The lowest BCUT2D eigenvalue weighted by molar-refractivity contribution is -0.123. The molecule has 0 radical (unpaired) electrons. The lowest BCUT2D eigenvalue weighted by atomic mass is 10.2. The van der Waals surface area contributed by atoms with Crippen molar-refractivity contribution in [1.29, 1.82) is 0 Å². The summed E-state index contributed by atoms with van der Waals surface area (Å²) in [7, 11) is 1.53. The van der Waals surface area contributed by atoms with Gasteiger partial charge in [0.05, 0.1) is 33.1 Å². The van der Waals surface area contributed by atoms with E-state index in [1.807, 2.05) is 6.92 Å². The van der Waals surface area contributed by atoms with Gasteiger partial charge in [0, 0.05) is 5.69 Å². The van der Waals surface area contributed by atoms with Crippen LogP contribution in [0.5, 0.6) is 11.5 Å². The number of carbonyl (C=O) groups is 2. The predicted molar refractivity (Wildman–Crippen MR) is 135 cm³/mol. The molecule has 0 saturated carbocycles. The van der Waals surface area contributed by atoms with Gasteiger partial charge in [-0.05, 0) is 77.0 Å². The highest BCUT2D eigenvalue weighted by molar-refractivity contribution is 9.10. The second kappa shape index (κ2) is 10.8. The molecule has 2 aromatic carbocycles. The minimum atomic E-state index is -0.661. The number of benzene rings is 2. The average molecular weight is 577 g/mol. The van der Waals surface area contributed by atoms with Gasteiger partial charge in [-0.25, -0.2) is 10.2 Å². The van der Waals surface area contributed by atoms with Gasteiger partial charge in [-0.2, -0.15) is 5.01 Å². The Bertz CT molecular complexity index is 1130. The van der Waals surface area contributed by atoms with Gasteiger partial charge < -0.3 is 14.8 Å². The van der Waals surface area contributed by atoms with Crippen LogP contribution in [-0.4, -0.2) is 35.0 Å². The van der Waals surface area contributed by atoms with Crippen molar-refractivity contribution in [3.63, 3.8) is 0 Å². The molecule has 1 fully saturated rings. The number of carbonyl (C=O) groups excluding carboxylic acids is 2. The third-order valence-electron chi connectivity index (χ3n) is 4.02. The Hall–Kier alpha value is -1.98. The van der Waals surface area contributed by atoms with Crippen LogP contribution in [0.25, 0.3) is 6.08 Å². The van der Waals surface area contributed by atoms with E-state index in [-0.39, 0.29) is 9.34 Å². The lowest BCUT2D eigenvalue weighted by Crippen LogP contribution is -2.46. The van der Waals surface area contributed by atoms with Crippen LogP contribution in [0.3, 0.4) is 0 Å². The van der Waals surface area contributed by atoms with Crippen molar-refractivity contribution in [2.24, 2.45) is 0 Å². The maximum absolute atomic E-state index is 12.8. The maximum atomic E-state index is 12.8. The summed E-state index contributed by atoms with van der Waals surface area (Å²) in [4.78, 5) is 25.5. The molecule has 7 nitrogen and oxygen atoms in total. The van der Waals surface area contributed by atoms with Crippen LogP contribution < -0.4 is 20.2 Å². The van der Waals surface area contributed by atoms with Gasteiger partial charge in [0.25, 0.3) is 5.91 Å². The Morgan fingerprint density at radius 3 is 2.69 bits per heavy atom. The SMILES string of the molecule is CCOc1c(Br)cc(/C=C2/SC(=S)N(NC(=O)Nc3ccc(Cl)c(Cl)c3)C2=O)cc1OC. The van der Waals surface area contributed by atoms with Crippen LogP contribution in [0.15, 0.2) is 39.7 Å². The Kier molecular flexibility index (Phi) is 8.29. The van der Waals surface area contributed by atoms with Crippen molar-refractivity contribution in [2.75, 3.05) is 19.0 Å². The molecule has 3 amide bonds. The number of urea groups is 1. The fourth-order valence-electron chi connectivity index (χ4n) is 2.66. The summed E-state index contributed by atoms with van der Waals surface area (Å²) in [5.41, 5.74) is 3.54. The number of thiocarbonyl (C=S) groups is 1. The number of rotatable bonds is 6. The first kappa shape index (κ1) is 24.7. The molecule has 2 N–H and O–H groups in total. The number of ether oxygens (including phenoxy) is 2. The standard InChI is InChI=1S/C20H16BrCl2N3O4S2/c1-3-30-17-12(21)6-10(7-15(17)29-2)8-16-18(27)26(20(31)32-16)25-19(28)24-11-4-5-13(22)14(23)9-11/h4-9H,3H2,1-2H3,(H2,24,25,28)/b16-8+. The fourth-order valence-corrected chi connectivity index (χ4v) is 4.71. The number of anilines is 1. The quantitative estimate of drug-likeness (QED) is 0.319. The topological polar surface area (TPSA) is 79.9 Å². The predicted octanol–water partition coefficient (Wildman–Crippen LogP) is 6.10. The van der Waals surface area contributed by atoms with Gasteiger partial charge in [0.2, 0.25) is 0 Å². The summed E-state index contributed by atoms with van der Waals surface area (Å²) in [6, 6.07) is 7.49. The number of amides is 3. The smallest absolute Gasteiger partial charge is 0.338 e. The van der Waals surface area contributed by atoms with E-state index in [9.17, 15) is 9.59 Å².